The quantitative estimate of drug-likeness (QED) is 0.477. The minimum Gasteiger partial charge on any atom is -0.362 e. The van der Waals surface area contributed by atoms with Gasteiger partial charge in [-0.25, -0.2) is 0 Å². The number of nitrogens with zero attached hydrogens (tertiary/aromatic N) is 1. The maximum atomic E-state index is 3.36. The lowest BCUT2D eigenvalue weighted by atomic mass is 10.1. The molecule has 0 radical (unpaired) electrons. The van der Waals surface area contributed by atoms with E-state index in [0.717, 1.165) is 6.54 Å². The third-order valence-electron chi connectivity index (χ3n) is 1.83. The molecule has 0 spiro atoms. The average Bonchev–Trinajstić information content (AvgIpc) is 1.72. The van der Waals surface area contributed by atoms with Crippen molar-refractivity contribution in [3.63, 3.8) is 0 Å². The smallest absolute Gasteiger partial charge is 0.0809 e. The summed E-state index contributed by atoms with van der Waals surface area (Å²) < 4.78 is 0. The molecule has 1 N–H and O–H groups in total. The largest absolute Gasteiger partial charge is 0.362 e. The molecule has 1 fully saturated rings. The van der Waals surface area contributed by atoms with Crippen LogP contribution in [0, 0.1) is 0 Å². The fourth-order valence-corrected chi connectivity index (χ4v) is 1.20. The molecule has 2 aliphatic rings. The van der Waals surface area contributed by atoms with Crippen molar-refractivity contribution in [3.8, 4) is 0 Å². The van der Waals surface area contributed by atoms with Gasteiger partial charge in [-0.3, -0.25) is 5.32 Å². The van der Waals surface area contributed by atoms with Crippen LogP contribution in [-0.4, -0.2) is 24.2 Å². The van der Waals surface area contributed by atoms with Crippen molar-refractivity contribution >= 4 is 0 Å². The Bertz CT molecular complexity index is 120. The van der Waals surface area contributed by atoms with Gasteiger partial charge in [0, 0.05) is 13.1 Å². The van der Waals surface area contributed by atoms with E-state index in [1.807, 2.05) is 0 Å². The van der Waals surface area contributed by atoms with Gasteiger partial charge in [0.15, 0.2) is 0 Å². The van der Waals surface area contributed by atoms with Crippen molar-refractivity contribution in [1.29, 1.82) is 0 Å². The molecule has 44 valence electrons. The van der Waals surface area contributed by atoms with E-state index in [2.05, 4.69) is 22.5 Å². The highest BCUT2D eigenvalue weighted by molar-refractivity contribution is 4.98. The predicted octanol–water partition coefficient (Wildman–Crippen LogP) is 0.135. The summed E-state index contributed by atoms with van der Waals surface area (Å²) in [6.07, 6.45) is 6.35. The Morgan fingerprint density at radius 1 is 1.62 bits per heavy atom. The van der Waals surface area contributed by atoms with Gasteiger partial charge >= 0.3 is 0 Å². The molecular weight excluding hydrogens is 100 g/mol. The summed E-state index contributed by atoms with van der Waals surface area (Å²) in [6.45, 7) is 2.30. The van der Waals surface area contributed by atoms with Crippen LogP contribution in [0.1, 0.15) is 6.42 Å². The monoisotopic (exact) mass is 110 g/mol. The Morgan fingerprint density at radius 3 is 3.00 bits per heavy atom. The molecule has 0 aromatic carbocycles. The molecule has 1 atom stereocenters. The zero-order valence-corrected chi connectivity index (χ0v) is 4.80. The van der Waals surface area contributed by atoms with Crippen LogP contribution < -0.4 is 5.32 Å². The van der Waals surface area contributed by atoms with Crippen LogP contribution in [0.5, 0.6) is 0 Å². The summed E-state index contributed by atoms with van der Waals surface area (Å²) in [4.78, 5) is 2.32. The predicted molar refractivity (Wildman–Crippen MR) is 32.3 cm³/mol. The van der Waals surface area contributed by atoms with E-state index in [1.54, 1.807) is 0 Å². The molecular formula is C6H10N2. The SMILES string of the molecule is C1=CN2CCC2NC1. The highest BCUT2D eigenvalue weighted by Crippen LogP contribution is 2.16. The van der Waals surface area contributed by atoms with E-state index >= 15 is 0 Å². The lowest BCUT2D eigenvalue weighted by Crippen LogP contribution is -2.55. The van der Waals surface area contributed by atoms with Crippen LogP contribution in [0.15, 0.2) is 12.3 Å². The number of rotatable bonds is 0. The van der Waals surface area contributed by atoms with Crippen molar-refractivity contribution < 1.29 is 0 Å². The topological polar surface area (TPSA) is 15.3 Å². The summed E-state index contributed by atoms with van der Waals surface area (Å²) in [5.74, 6) is 0. The van der Waals surface area contributed by atoms with Crippen molar-refractivity contribution in [2.24, 2.45) is 0 Å². The van der Waals surface area contributed by atoms with Crippen LogP contribution in [0.4, 0.5) is 0 Å². The van der Waals surface area contributed by atoms with Gasteiger partial charge in [-0.2, -0.15) is 0 Å². The van der Waals surface area contributed by atoms with E-state index in [-0.39, 0.29) is 0 Å². The minimum atomic E-state index is 0.681. The van der Waals surface area contributed by atoms with Gasteiger partial charge < -0.3 is 4.90 Å². The first-order valence-electron chi connectivity index (χ1n) is 3.12. The van der Waals surface area contributed by atoms with Crippen molar-refractivity contribution in [2.75, 3.05) is 13.1 Å². The Labute approximate surface area is 49.2 Å². The Balaban J connectivity index is 2.08. The average molecular weight is 110 g/mol. The molecule has 0 bridgehead atoms. The molecule has 0 aromatic heterocycles. The fourth-order valence-electron chi connectivity index (χ4n) is 1.20. The summed E-state index contributed by atoms with van der Waals surface area (Å²) in [6, 6.07) is 0. The maximum Gasteiger partial charge on any atom is 0.0809 e. The van der Waals surface area contributed by atoms with E-state index in [0.29, 0.717) is 6.17 Å². The highest BCUT2D eigenvalue weighted by Gasteiger charge is 2.25. The van der Waals surface area contributed by atoms with Crippen LogP contribution in [0.25, 0.3) is 0 Å². The zero-order valence-electron chi connectivity index (χ0n) is 4.80. The third-order valence-corrected chi connectivity index (χ3v) is 1.83. The number of fused-ring (bicyclic) bond motifs is 1. The minimum absolute atomic E-state index is 0.681. The molecule has 0 aliphatic carbocycles. The van der Waals surface area contributed by atoms with E-state index in [4.69, 9.17) is 0 Å². The number of hydrogen-bond acceptors (Lipinski definition) is 2. The summed E-state index contributed by atoms with van der Waals surface area (Å²) in [7, 11) is 0. The Morgan fingerprint density at radius 2 is 2.62 bits per heavy atom. The van der Waals surface area contributed by atoms with E-state index in [9.17, 15) is 0 Å². The second-order valence-electron chi connectivity index (χ2n) is 2.34. The zero-order chi connectivity index (χ0) is 5.40. The van der Waals surface area contributed by atoms with Gasteiger partial charge in [0.05, 0.1) is 6.17 Å². The highest BCUT2D eigenvalue weighted by atomic mass is 15.3. The molecule has 8 heavy (non-hydrogen) atoms. The van der Waals surface area contributed by atoms with Gasteiger partial charge in [-0.15, -0.1) is 0 Å². The molecule has 2 nitrogen and oxygen atoms in total. The maximum absolute atomic E-state index is 3.36. The molecule has 2 rings (SSSR count). The van der Waals surface area contributed by atoms with Crippen molar-refractivity contribution in [2.45, 2.75) is 12.6 Å². The fraction of sp³-hybridized carbons (Fsp3) is 0.667. The van der Waals surface area contributed by atoms with Gasteiger partial charge in [-0.1, -0.05) is 6.08 Å². The second-order valence-corrected chi connectivity index (χ2v) is 2.34. The number of nitrogens with one attached hydrogen (secondary N) is 1. The van der Waals surface area contributed by atoms with E-state index < -0.39 is 0 Å². The first-order valence-corrected chi connectivity index (χ1v) is 3.12. The van der Waals surface area contributed by atoms with Crippen LogP contribution in [0.2, 0.25) is 0 Å². The van der Waals surface area contributed by atoms with Gasteiger partial charge in [0.25, 0.3) is 0 Å². The molecule has 1 unspecified atom stereocenters. The van der Waals surface area contributed by atoms with E-state index in [1.165, 1.54) is 13.0 Å². The van der Waals surface area contributed by atoms with Crippen LogP contribution in [-0.2, 0) is 0 Å². The molecule has 1 saturated heterocycles. The molecule has 2 aliphatic heterocycles. The first kappa shape index (κ1) is 4.39. The normalized spacial score (nSPS) is 34.0. The standard InChI is InChI=1S/C6H10N2/c1-3-7-6-2-5-8(6)4-1/h1,4,6-7H,2-3,5H2. The Hall–Kier alpha value is -0.500. The van der Waals surface area contributed by atoms with Crippen molar-refractivity contribution in [1.82, 2.24) is 10.2 Å². The van der Waals surface area contributed by atoms with Crippen LogP contribution >= 0.6 is 0 Å². The van der Waals surface area contributed by atoms with Crippen molar-refractivity contribution in [3.05, 3.63) is 12.3 Å². The second kappa shape index (κ2) is 1.49. The van der Waals surface area contributed by atoms with Gasteiger partial charge in [0.2, 0.25) is 0 Å². The molecule has 2 heterocycles. The molecule has 0 saturated carbocycles. The number of hydrogen-bond donors (Lipinski definition) is 1. The summed E-state index contributed by atoms with van der Waals surface area (Å²) >= 11 is 0. The lowest BCUT2D eigenvalue weighted by Gasteiger charge is -2.42. The molecule has 0 amide bonds. The van der Waals surface area contributed by atoms with Crippen LogP contribution in [0.3, 0.4) is 0 Å². The Kier molecular flexibility index (Phi) is 0.815. The third kappa shape index (κ3) is 0.464. The summed E-state index contributed by atoms with van der Waals surface area (Å²) in [5, 5.41) is 3.36. The molecule has 0 aromatic rings. The lowest BCUT2D eigenvalue weighted by molar-refractivity contribution is 0.115. The van der Waals surface area contributed by atoms with Gasteiger partial charge in [-0.05, 0) is 12.6 Å². The first-order chi connectivity index (χ1) is 3.97. The van der Waals surface area contributed by atoms with Gasteiger partial charge in [0.1, 0.15) is 0 Å². The summed E-state index contributed by atoms with van der Waals surface area (Å²) in [5.41, 5.74) is 0. The molecule has 2 heteroatoms.